The molecule has 0 fully saturated rings. The van der Waals surface area contributed by atoms with Gasteiger partial charge in [0.05, 0.1) is 33.8 Å². The number of nitrogens with zero attached hydrogens (tertiary/aromatic N) is 2. The maximum absolute atomic E-state index is 5.46. The van der Waals surface area contributed by atoms with Gasteiger partial charge in [-0.1, -0.05) is 152 Å². The zero-order valence-electron chi connectivity index (χ0n) is 29.9. The predicted molar refractivity (Wildman–Crippen MR) is 228 cm³/mol. The van der Waals surface area contributed by atoms with Crippen molar-refractivity contribution in [3.05, 3.63) is 194 Å². The van der Waals surface area contributed by atoms with Gasteiger partial charge in [0, 0.05) is 27.5 Å². The Hall–Kier alpha value is -7.36. The molecule has 1 N–H and O–H groups in total. The summed E-state index contributed by atoms with van der Waals surface area (Å²) in [6.45, 7) is 0. The molecular formula is C52H33N3. The summed E-state index contributed by atoms with van der Waals surface area (Å²) in [5.41, 5.74) is 19.2. The van der Waals surface area contributed by atoms with Crippen molar-refractivity contribution in [2.45, 2.75) is 0 Å². The fourth-order valence-electron chi connectivity index (χ4n) is 8.19. The van der Waals surface area contributed by atoms with Crippen molar-refractivity contribution < 1.29 is 0 Å². The van der Waals surface area contributed by atoms with Gasteiger partial charge in [0.15, 0.2) is 0 Å². The van der Waals surface area contributed by atoms with Crippen LogP contribution >= 0.6 is 0 Å². The van der Waals surface area contributed by atoms with E-state index in [1.165, 1.54) is 21.9 Å². The first-order chi connectivity index (χ1) is 27.2. The minimum Gasteiger partial charge on any atom is -0.353 e. The fourth-order valence-corrected chi connectivity index (χ4v) is 8.19. The first-order valence-corrected chi connectivity index (χ1v) is 18.7. The van der Waals surface area contributed by atoms with E-state index >= 15 is 0 Å². The highest BCUT2D eigenvalue weighted by atomic mass is 14.8. The molecule has 0 saturated carbocycles. The number of nitrogens with one attached hydrogen (secondary N) is 1. The van der Waals surface area contributed by atoms with Gasteiger partial charge in [0.25, 0.3) is 0 Å². The molecule has 11 rings (SSSR count). The van der Waals surface area contributed by atoms with Crippen LogP contribution in [0.15, 0.2) is 194 Å². The van der Waals surface area contributed by atoms with Crippen molar-refractivity contribution in [3.63, 3.8) is 0 Å². The average Bonchev–Trinajstić information content (AvgIpc) is 3.66. The van der Waals surface area contributed by atoms with Gasteiger partial charge >= 0.3 is 0 Å². The quantitative estimate of drug-likeness (QED) is 0.199. The van der Waals surface area contributed by atoms with Crippen molar-refractivity contribution in [1.29, 1.82) is 0 Å². The summed E-state index contributed by atoms with van der Waals surface area (Å²) in [6, 6.07) is 69.5. The Morgan fingerprint density at radius 3 is 1.25 bits per heavy atom. The Bertz CT molecular complexity index is 3050. The number of hydrogen-bond donors (Lipinski definition) is 1. The van der Waals surface area contributed by atoms with E-state index in [1.54, 1.807) is 0 Å². The minimum atomic E-state index is 0.827. The third-order valence-corrected chi connectivity index (χ3v) is 10.9. The lowest BCUT2D eigenvalue weighted by Gasteiger charge is -2.15. The van der Waals surface area contributed by atoms with Crippen LogP contribution in [0.1, 0.15) is 0 Å². The second-order valence-corrected chi connectivity index (χ2v) is 14.3. The van der Waals surface area contributed by atoms with Gasteiger partial charge in [-0.05, 0) is 92.5 Å². The molecule has 0 amide bonds. The Morgan fingerprint density at radius 2 is 0.655 bits per heavy atom. The van der Waals surface area contributed by atoms with E-state index in [2.05, 4.69) is 199 Å². The molecule has 0 radical (unpaired) electrons. The third-order valence-electron chi connectivity index (χ3n) is 10.9. The molecule has 3 heteroatoms. The van der Waals surface area contributed by atoms with Gasteiger partial charge < -0.3 is 4.98 Å². The van der Waals surface area contributed by atoms with Crippen molar-refractivity contribution in [1.82, 2.24) is 15.0 Å². The molecule has 0 spiro atoms. The van der Waals surface area contributed by atoms with Crippen molar-refractivity contribution in [2.24, 2.45) is 0 Å². The lowest BCUT2D eigenvalue weighted by molar-refractivity contribution is 1.25. The number of rotatable bonds is 4. The third kappa shape index (κ3) is 5.45. The molecule has 8 bridgehead atoms. The highest BCUT2D eigenvalue weighted by molar-refractivity contribution is 6.15. The molecule has 4 heterocycles. The number of H-pyrrole nitrogens is 1. The van der Waals surface area contributed by atoms with Crippen molar-refractivity contribution in [3.8, 4) is 89.5 Å². The molecule has 0 saturated heterocycles. The van der Waals surface area contributed by atoms with Gasteiger partial charge in [-0.2, -0.15) is 0 Å². The number of benzene rings is 7. The van der Waals surface area contributed by atoms with Crippen molar-refractivity contribution in [2.75, 3.05) is 0 Å². The van der Waals surface area contributed by atoms with Gasteiger partial charge in [0.2, 0.25) is 0 Å². The molecular weight excluding hydrogens is 667 g/mol. The molecule has 0 unspecified atom stereocenters. The zero-order chi connectivity index (χ0) is 36.3. The number of fused-ring (bicyclic) bond motifs is 11. The molecule has 1 aliphatic rings. The normalized spacial score (nSPS) is 11.6. The summed E-state index contributed by atoms with van der Waals surface area (Å²) < 4.78 is 0. The molecule has 256 valence electrons. The molecule has 3 aromatic heterocycles. The van der Waals surface area contributed by atoms with E-state index < -0.39 is 0 Å². The second kappa shape index (κ2) is 12.6. The van der Waals surface area contributed by atoms with Gasteiger partial charge in [-0.3, -0.25) is 0 Å². The van der Waals surface area contributed by atoms with Crippen LogP contribution in [0.3, 0.4) is 0 Å². The monoisotopic (exact) mass is 699 g/mol. The zero-order valence-corrected chi connectivity index (χ0v) is 29.9. The Morgan fingerprint density at radius 1 is 0.255 bits per heavy atom. The van der Waals surface area contributed by atoms with Gasteiger partial charge in [-0.25, -0.2) is 9.97 Å². The Balaban J connectivity index is 1.23. The maximum Gasteiger partial charge on any atom is 0.0900 e. The second-order valence-electron chi connectivity index (χ2n) is 14.3. The Labute approximate surface area is 319 Å². The standard InChI is InChI=1S/C52H33N3/c1-4-12-33(13-5-1)36-22-24-37(25-23-36)38-26-41-28-42(27-38)47-29-39(34-14-6-2-7-15-34)31-49(53-47)50-32-40(35-16-8-3-9-17-35)30-48(54-50)46-21-11-20-45-44-19-10-18-43(41)51(44)55-52(45)46/h1-32,55H. The van der Waals surface area contributed by atoms with Crippen LogP contribution in [-0.2, 0) is 0 Å². The number of aromatic amines is 1. The summed E-state index contributed by atoms with van der Waals surface area (Å²) in [4.78, 5) is 14.8. The van der Waals surface area contributed by atoms with Crippen LogP contribution in [0.2, 0.25) is 0 Å². The summed E-state index contributed by atoms with van der Waals surface area (Å²) in [6.07, 6.45) is 0. The number of aromatic nitrogens is 3. The van der Waals surface area contributed by atoms with Crippen LogP contribution in [0, 0.1) is 0 Å². The molecule has 10 aromatic rings. The van der Waals surface area contributed by atoms with Crippen molar-refractivity contribution >= 4 is 21.8 Å². The first-order valence-electron chi connectivity index (χ1n) is 18.7. The van der Waals surface area contributed by atoms with Crippen LogP contribution in [0.5, 0.6) is 0 Å². The van der Waals surface area contributed by atoms with E-state index in [-0.39, 0.29) is 0 Å². The SMILES string of the molecule is c1ccc(-c2ccc(-c3cc4cc(c3)-c3cccc5c3[nH]c3c(cccc35)-c3cc(-c5ccccc5)cc(n3)-c3cc(-c5ccccc5)cc-4n3)cc2)cc1. The van der Waals surface area contributed by atoms with Crippen LogP contribution in [0.4, 0.5) is 0 Å². The predicted octanol–water partition coefficient (Wildman–Crippen LogP) is 13.8. The first kappa shape index (κ1) is 31.2. The summed E-state index contributed by atoms with van der Waals surface area (Å²) in [5.74, 6) is 0. The summed E-state index contributed by atoms with van der Waals surface area (Å²) in [7, 11) is 0. The molecule has 55 heavy (non-hydrogen) atoms. The van der Waals surface area contributed by atoms with Crippen LogP contribution in [-0.4, -0.2) is 15.0 Å². The van der Waals surface area contributed by atoms with Gasteiger partial charge in [-0.15, -0.1) is 0 Å². The highest BCUT2D eigenvalue weighted by Gasteiger charge is 2.20. The maximum atomic E-state index is 5.46. The van der Waals surface area contributed by atoms with E-state index in [1.807, 2.05) is 0 Å². The van der Waals surface area contributed by atoms with E-state index in [0.717, 1.165) is 89.4 Å². The molecule has 0 atom stereocenters. The topological polar surface area (TPSA) is 41.6 Å². The molecule has 0 aliphatic carbocycles. The van der Waals surface area contributed by atoms with E-state index in [0.29, 0.717) is 0 Å². The van der Waals surface area contributed by atoms with Crippen LogP contribution in [0.25, 0.3) is 111 Å². The average molecular weight is 700 g/mol. The minimum absolute atomic E-state index is 0.827. The number of hydrogen-bond acceptors (Lipinski definition) is 2. The number of pyridine rings is 2. The largest absolute Gasteiger partial charge is 0.353 e. The lowest BCUT2D eigenvalue weighted by Crippen LogP contribution is -1.97. The summed E-state index contributed by atoms with van der Waals surface area (Å²) in [5, 5.41) is 2.36. The lowest BCUT2D eigenvalue weighted by atomic mass is 9.92. The number of para-hydroxylation sites is 2. The molecule has 3 nitrogen and oxygen atoms in total. The highest BCUT2D eigenvalue weighted by Crippen LogP contribution is 2.42. The molecule has 7 aromatic carbocycles. The summed E-state index contributed by atoms with van der Waals surface area (Å²) >= 11 is 0. The van der Waals surface area contributed by atoms with Gasteiger partial charge in [0.1, 0.15) is 0 Å². The fraction of sp³-hybridized carbons (Fsp3) is 0. The van der Waals surface area contributed by atoms with Crippen LogP contribution < -0.4 is 0 Å². The smallest absolute Gasteiger partial charge is 0.0900 e. The van der Waals surface area contributed by atoms with E-state index in [9.17, 15) is 0 Å². The molecule has 1 aliphatic heterocycles. The Kier molecular flexibility index (Phi) is 7.17. The van der Waals surface area contributed by atoms with E-state index in [4.69, 9.17) is 9.97 Å².